The second-order valence-electron chi connectivity index (χ2n) is 15.4. The molecule has 0 spiro atoms. The monoisotopic (exact) mass is 768 g/mol. The van der Waals surface area contributed by atoms with Crippen LogP contribution in [0.3, 0.4) is 0 Å². The predicted octanol–water partition coefficient (Wildman–Crippen LogP) is 7.62. The molecule has 2 aliphatic heterocycles. The van der Waals surface area contributed by atoms with Crippen LogP contribution in [-0.4, -0.2) is 81.3 Å². The molecule has 6 N–H and O–H groups in total. The summed E-state index contributed by atoms with van der Waals surface area (Å²) in [7, 11) is 4.97. The molecule has 0 aromatic heterocycles. The number of hydrogen-bond acceptors (Lipinski definition) is 12. The van der Waals surface area contributed by atoms with Crippen LogP contribution in [0, 0.1) is 17.8 Å². The average Bonchev–Trinajstić information content (AvgIpc) is 3.22. The first-order valence-electron chi connectivity index (χ1n) is 18.8. The molecule has 53 heavy (non-hydrogen) atoms. The summed E-state index contributed by atoms with van der Waals surface area (Å²) in [5.41, 5.74) is 4.50. The Labute approximate surface area is 319 Å². The zero-order valence-corrected chi connectivity index (χ0v) is 32.4. The van der Waals surface area contributed by atoms with Gasteiger partial charge in [0.05, 0.1) is 26.9 Å². The Bertz CT molecular complexity index is 1800. The molecule has 1 saturated heterocycles. The number of aliphatic hydroxyl groups is 3. The van der Waals surface area contributed by atoms with Gasteiger partial charge in [-0.05, 0) is 90.7 Å². The number of aromatic hydroxyl groups is 3. The van der Waals surface area contributed by atoms with Crippen LogP contribution in [0.5, 0.6) is 40.2 Å². The maximum atomic E-state index is 12.8. The number of aliphatic hydroxyl groups excluding tert-OH is 3. The van der Waals surface area contributed by atoms with Crippen LogP contribution >= 0.6 is 21.6 Å². The number of fused-ring (bicyclic) bond motifs is 8. The van der Waals surface area contributed by atoms with E-state index in [0.717, 1.165) is 65.7 Å². The van der Waals surface area contributed by atoms with E-state index in [2.05, 4.69) is 20.8 Å². The van der Waals surface area contributed by atoms with E-state index >= 15 is 0 Å². The summed E-state index contributed by atoms with van der Waals surface area (Å²) in [6.45, 7) is 6.43. The third kappa shape index (κ3) is 6.99. The van der Waals surface area contributed by atoms with Crippen molar-refractivity contribution in [1.29, 1.82) is 0 Å². The van der Waals surface area contributed by atoms with Crippen molar-refractivity contribution in [3.63, 3.8) is 0 Å². The fraction of sp³-hybridized carbons (Fsp3) is 0.561. The Hall–Kier alpha value is -3.16. The molecule has 12 heteroatoms. The number of ether oxygens (including phenoxy) is 4. The number of rotatable bonds is 10. The Morgan fingerprint density at radius 3 is 2.45 bits per heavy atom. The summed E-state index contributed by atoms with van der Waals surface area (Å²) in [6, 6.07) is 8.74. The van der Waals surface area contributed by atoms with Crippen LogP contribution in [0.15, 0.2) is 30.3 Å². The maximum Gasteiger partial charge on any atom is 0.207 e. The number of benzene rings is 3. The van der Waals surface area contributed by atoms with Gasteiger partial charge in [0.1, 0.15) is 30.0 Å². The normalized spacial score (nSPS) is 27.5. The molecule has 2 heterocycles. The third-order valence-electron chi connectivity index (χ3n) is 11.8. The van der Waals surface area contributed by atoms with E-state index in [4.69, 9.17) is 18.9 Å². The molecule has 4 aliphatic rings. The van der Waals surface area contributed by atoms with Crippen LogP contribution < -0.4 is 18.9 Å². The van der Waals surface area contributed by atoms with E-state index in [1.54, 1.807) is 22.9 Å². The summed E-state index contributed by atoms with van der Waals surface area (Å²) in [6.07, 6.45) is 2.12. The molecule has 0 amide bonds. The Kier molecular flexibility index (Phi) is 11.4. The zero-order valence-electron chi connectivity index (χ0n) is 30.8. The SMILES string of the molecule is COc1c(O)c(OCCC(C)C)cc([C@@H]2Oc3cc(OCCO)c4c5c3[C@@H](C3CC[C@H](C[C@@H](c6cc(O)ccc6-4)[C@@H]5CO)[C@H](C)CCSS3)[C@H]2O)c1O. The van der Waals surface area contributed by atoms with Gasteiger partial charge >= 0.3 is 0 Å². The molecule has 1 fully saturated rings. The zero-order chi connectivity index (χ0) is 37.6. The van der Waals surface area contributed by atoms with Crippen molar-refractivity contribution in [1.82, 2.24) is 0 Å². The minimum atomic E-state index is -1.16. The van der Waals surface area contributed by atoms with E-state index in [1.165, 1.54) is 13.2 Å². The second kappa shape index (κ2) is 15.9. The van der Waals surface area contributed by atoms with E-state index < -0.39 is 24.0 Å². The van der Waals surface area contributed by atoms with Gasteiger partial charge in [-0.1, -0.05) is 48.4 Å². The lowest BCUT2D eigenvalue weighted by Gasteiger charge is -2.47. The summed E-state index contributed by atoms with van der Waals surface area (Å²) in [5.74, 6) is 1.42. The topological polar surface area (TPSA) is 158 Å². The Morgan fingerprint density at radius 2 is 1.72 bits per heavy atom. The molecule has 3 aromatic rings. The van der Waals surface area contributed by atoms with E-state index in [-0.39, 0.29) is 65.3 Å². The van der Waals surface area contributed by atoms with Crippen molar-refractivity contribution in [3.05, 3.63) is 52.6 Å². The molecule has 0 radical (unpaired) electrons. The molecular weight excluding hydrogens is 717 g/mol. The third-order valence-corrected chi connectivity index (χ3v) is 14.8. The van der Waals surface area contributed by atoms with Gasteiger partial charge in [0.2, 0.25) is 11.5 Å². The van der Waals surface area contributed by atoms with Crippen LogP contribution in [-0.2, 0) is 0 Å². The predicted molar refractivity (Wildman–Crippen MR) is 207 cm³/mol. The average molecular weight is 769 g/mol. The van der Waals surface area contributed by atoms with Gasteiger partial charge in [-0.3, -0.25) is 0 Å². The van der Waals surface area contributed by atoms with Crippen LogP contribution in [0.1, 0.15) is 99.0 Å². The largest absolute Gasteiger partial charge is 0.508 e. The summed E-state index contributed by atoms with van der Waals surface area (Å²) >= 11 is 0. The molecular formula is C41H52O10S2. The van der Waals surface area contributed by atoms with Crippen molar-refractivity contribution in [3.8, 4) is 51.4 Å². The summed E-state index contributed by atoms with van der Waals surface area (Å²) in [4.78, 5) is 0. The minimum Gasteiger partial charge on any atom is -0.508 e. The highest BCUT2D eigenvalue weighted by Crippen LogP contribution is 2.63. The summed E-state index contributed by atoms with van der Waals surface area (Å²) in [5, 5.41) is 67.5. The number of methoxy groups -OCH3 is 1. The fourth-order valence-electron chi connectivity index (χ4n) is 9.06. The van der Waals surface area contributed by atoms with E-state index in [1.807, 2.05) is 22.9 Å². The number of hydrogen-bond donors (Lipinski definition) is 6. The molecule has 288 valence electrons. The van der Waals surface area contributed by atoms with Crippen molar-refractivity contribution in [2.75, 3.05) is 39.3 Å². The highest BCUT2D eigenvalue weighted by molar-refractivity contribution is 8.76. The van der Waals surface area contributed by atoms with Crippen molar-refractivity contribution in [2.24, 2.45) is 17.8 Å². The molecule has 10 nitrogen and oxygen atoms in total. The number of phenolic OH excluding ortho intramolecular Hbond substituents is 3. The quantitative estimate of drug-likeness (QED) is 0.112. The first-order chi connectivity index (χ1) is 25.6. The molecule has 1 unspecified atom stereocenters. The molecule has 3 aromatic carbocycles. The lowest BCUT2D eigenvalue weighted by Crippen LogP contribution is -2.41. The Morgan fingerprint density at radius 1 is 0.925 bits per heavy atom. The van der Waals surface area contributed by atoms with Gasteiger partial charge in [-0.15, -0.1) is 0 Å². The van der Waals surface area contributed by atoms with E-state index in [9.17, 15) is 30.6 Å². The fourth-order valence-corrected chi connectivity index (χ4v) is 12.2. The van der Waals surface area contributed by atoms with Gasteiger partial charge in [-0.25, -0.2) is 0 Å². The van der Waals surface area contributed by atoms with Gasteiger partial charge in [0.15, 0.2) is 17.6 Å². The molecule has 4 bridgehead atoms. The van der Waals surface area contributed by atoms with E-state index in [0.29, 0.717) is 35.9 Å². The van der Waals surface area contributed by atoms with Crippen LogP contribution in [0.4, 0.5) is 0 Å². The Balaban J connectivity index is 1.49. The molecule has 0 saturated carbocycles. The minimum absolute atomic E-state index is 0.0169. The summed E-state index contributed by atoms with van der Waals surface area (Å²) < 4.78 is 24.6. The van der Waals surface area contributed by atoms with Crippen molar-refractivity contribution >= 4 is 21.6 Å². The van der Waals surface area contributed by atoms with Gasteiger partial charge in [0.25, 0.3) is 0 Å². The molecule has 2 aliphatic carbocycles. The van der Waals surface area contributed by atoms with Crippen LogP contribution in [0.2, 0.25) is 0 Å². The second-order valence-corrected chi connectivity index (χ2v) is 18.1. The molecule has 7 rings (SSSR count). The highest BCUT2D eigenvalue weighted by atomic mass is 33.1. The van der Waals surface area contributed by atoms with Gasteiger partial charge in [0, 0.05) is 45.6 Å². The first kappa shape index (κ1) is 38.1. The van der Waals surface area contributed by atoms with Gasteiger partial charge in [-0.2, -0.15) is 0 Å². The van der Waals surface area contributed by atoms with Gasteiger partial charge < -0.3 is 49.6 Å². The lowest BCUT2D eigenvalue weighted by atomic mass is 9.62. The molecule has 8 atom stereocenters. The lowest BCUT2D eigenvalue weighted by molar-refractivity contribution is -0.00427. The maximum absolute atomic E-state index is 12.8. The smallest absolute Gasteiger partial charge is 0.207 e. The van der Waals surface area contributed by atoms with Crippen molar-refractivity contribution < 1.29 is 49.6 Å². The number of phenols is 3. The van der Waals surface area contributed by atoms with Crippen LogP contribution in [0.25, 0.3) is 11.1 Å². The highest BCUT2D eigenvalue weighted by Gasteiger charge is 2.50. The standard InChI is InChI=1S/C41H52O10S2/c1-20(2)9-12-49-31-17-27(37(45)41(48-4)38(31)46)40-39(47)36-32-8-5-22(21(3)10-14-52-53-32)15-25-26-16-23(44)6-7-24(26)33-29(50-13-11-42)18-30(51-40)35(36)34(33)28(25)19-43/h6-7,16-18,20-22,25,28,32,36,39-40,42-47H,5,8-15,19H2,1-4H3/t21-,22-,25+,28+,32?,36-,39-,40+/m1/s1. The van der Waals surface area contributed by atoms with Crippen molar-refractivity contribution in [2.45, 2.75) is 88.1 Å². The first-order valence-corrected chi connectivity index (χ1v) is 21.2.